The third kappa shape index (κ3) is 5.84. The fraction of sp³-hybridized carbons (Fsp3) is 0.368. The van der Waals surface area contributed by atoms with Crippen molar-refractivity contribution in [1.82, 2.24) is 0 Å². The van der Waals surface area contributed by atoms with Gasteiger partial charge in [0.2, 0.25) is 10.0 Å². The monoisotopic (exact) mass is 378 g/mol. The van der Waals surface area contributed by atoms with Crippen molar-refractivity contribution in [3.63, 3.8) is 0 Å². The highest BCUT2D eigenvalue weighted by Gasteiger charge is 2.11. The van der Waals surface area contributed by atoms with E-state index in [1.807, 2.05) is 12.1 Å². The molecule has 2 rings (SSSR count). The zero-order chi connectivity index (χ0) is 19.0. The van der Waals surface area contributed by atoms with Crippen LogP contribution in [0.3, 0.4) is 0 Å². The van der Waals surface area contributed by atoms with Crippen LogP contribution in [0.1, 0.15) is 13.8 Å². The molecule has 0 bridgehead atoms. The van der Waals surface area contributed by atoms with Crippen LogP contribution in [0.2, 0.25) is 0 Å². The van der Waals surface area contributed by atoms with Crippen molar-refractivity contribution in [2.75, 3.05) is 42.2 Å². The van der Waals surface area contributed by atoms with Gasteiger partial charge in [-0.15, -0.1) is 0 Å². The van der Waals surface area contributed by atoms with Crippen LogP contribution in [-0.4, -0.2) is 41.0 Å². The fourth-order valence-corrected chi connectivity index (χ4v) is 3.40. The Balaban J connectivity index is 1.87. The summed E-state index contributed by atoms with van der Waals surface area (Å²) in [5, 5.41) is 0. The molecule has 0 saturated carbocycles. The number of hydrogen-bond donors (Lipinski definition) is 1. The summed E-state index contributed by atoms with van der Waals surface area (Å²) in [4.78, 5) is 2.20. The molecule has 0 atom stereocenters. The topological polar surface area (TPSA) is 67.9 Å². The molecule has 0 fully saturated rings. The Morgan fingerprint density at radius 1 is 0.923 bits per heavy atom. The minimum absolute atomic E-state index is 0.0686. The minimum atomic E-state index is -3.48. The van der Waals surface area contributed by atoms with Crippen LogP contribution in [0.15, 0.2) is 48.5 Å². The van der Waals surface area contributed by atoms with Gasteiger partial charge in [-0.3, -0.25) is 4.72 Å². The van der Waals surface area contributed by atoms with Gasteiger partial charge in [0, 0.05) is 24.5 Å². The summed E-state index contributed by atoms with van der Waals surface area (Å²) in [5.41, 5.74) is 1.62. The standard InChI is InChI=1S/C19H26N2O4S/c1-4-21(5-2)17-8-6-16(7-9-17)20-26(22,23)15-14-25-19-12-10-18(24-3)11-13-19/h6-13,20H,4-5,14-15H2,1-3H3. The Morgan fingerprint density at radius 3 is 2.04 bits per heavy atom. The van der Waals surface area contributed by atoms with Crippen LogP contribution >= 0.6 is 0 Å². The Bertz CT molecular complexity index is 770. The van der Waals surface area contributed by atoms with Gasteiger partial charge in [-0.05, 0) is 62.4 Å². The van der Waals surface area contributed by atoms with Gasteiger partial charge in [-0.25, -0.2) is 8.42 Å². The molecule has 0 spiro atoms. The van der Waals surface area contributed by atoms with Crippen LogP contribution in [0.4, 0.5) is 11.4 Å². The largest absolute Gasteiger partial charge is 0.497 e. The third-order valence-electron chi connectivity index (χ3n) is 3.95. The quantitative estimate of drug-likeness (QED) is 0.687. The van der Waals surface area contributed by atoms with Gasteiger partial charge in [0.1, 0.15) is 23.9 Å². The maximum Gasteiger partial charge on any atom is 0.236 e. The minimum Gasteiger partial charge on any atom is -0.497 e. The number of anilines is 2. The first kappa shape index (κ1) is 19.9. The molecule has 0 amide bonds. The third-order valence-corrected chi connectivity index (χ3v) is 5.20. The summed E-state index contributed by atoms with van der Waals surface area (Å²) in [7, 11) is -1.89. The summed E-state index contributed by atoms with van der Waals surface area (Å²) in [6.07, 6.45) is 0. The molecule has 0 radical (unpaired) electrons. The van der Waals surface area contributed by atoms with Crippen LogP contribution in [0.5, 0.6) is 11.5 Å². The summed E-state index contributed by atoms with van der Waals surface area (Å²) < 4.78 is 37.5. The van der Waals surface area contributed by atoms with Gasteiger partial charge in [-0.2, -0.15) is 0 Å². The maximum atomic E-state index is 12.2. The van der Waals surface area contributed by atoms with Crippen LogP contribution < -0.4 is 19.1 Å². The second-order valence-corrected chi connectivity index (χ2v) is 7.51. The Morgan fingerprint density at radius 2 is 1.50 bits per heavy atom. The predicted octanol–water partition coefficient (Wildman–Crippen LogP) is 3.36. The average molecular weight is 378 g/mol. The molecule has 0 aliphatic rings. The molecule has 0 aromatic heterocycles. The lowest BCUT2D eigenvalue weighted by Crippen LogP contribution is -2.22. The Hall–Kier alpha value is -2.41. The second-order valence-electron chi connectivity index (χ2n) is 5.66. The van der Waals surface area contributed by atoms with Gasteiger partial charge < -0.3 is 14.4 Å². The van der Waals surface area contributed by atoms with Crippen LogP contribution in [-0.2, 0) is 10.0 Å². The summed E-state index contributed by atoms with van der Waals surface area (Å²) in [5.74, 6) is 1.20. The van der Waals surface area contributed by atoms with Gasteiger partial charge in [0.05, 0.1) is 7.11 Å². The summed E-state index contributed by atoms with van der Waals surface area (Å²) >= 11 is 0. The Kier molecular flexibility index (Phi) is 7.15. The maximum absolute atomic E-state index is 12.2. The van der Waals surface area contributed by atoms with Crippen molar-refractivity contribution in [2.45, 2.75) is 13.8 Å². The van der Waals surface area contributed by atoms with E-state index in [1.165, 1.54) is 0 Å². The zero-order valence-corrected chi connectivity index (χ0v) is 16.3. The molecule has 0 aliphatic carbocycles. The van der Waals surface area contributed by atoms with Crippen molar-refractivity contribution in [3.8, 4) is 11.5 Å². The molecule has 0 aliphatic heterocycles. The fourth-order valence-electron chi connectivity index (χ4n) is 2.50. The van der Waals surface area contributed by atoms with E-state index in [-0.39, 0.29) is 12.4 Å². The molecule has 1 N–H and O–H groups in total. The van der Waals surface area contributed by atoms with Crippen LogP contribution in [0, 0.1) is 0 Å². The molecule has 142 valence electrons. The molecule has 2 aromatic carbocycles. The predicted molar refractivity (Wildman–Crippen MR) is 106 cm³/mol. The van der Waals surface area contributed by atoms with E-state index in [9.17, 15) is 8.42 Å². The number of methoxy groups -OCH3 is 1. The number of benzene rings is 2. The smallest absolute Gasteiger partial charge is 0.236 e. The van der Waals surface area contributed by atoms with Crippen LogP contribution in [0.25, 0.3) is 0 Å². The highest BCUT2D eigenvalue weighted by atomic mass is 32.2. The molecule has 0 heterocycles. The first-order valence-corrected chi connectivity index (χ1v) is 10.2. The number of ether oxygens (including phenoxy) is 2. The molecule has 6 nitrogen and oxygen atoms in total. The van der Waals surface area contributed by atoms with E-state index in [4.69, 9.17) is 9.47 Å². The normalized spacial score (nSPS) is 11.0. The number of hydrogen-bond acceptors (Lipinski definition) is 5. The SMILES string of the molecule is CCN(CC)c1ccc(NS(=O)(=O)CCOc2ccc(OC)cc2)cc1. The second kappa shape index (κ2) is 9.33. The first-order valence-electron chi connectivity index (χ1n) is 8.59. The highest BCUT2D eigenvalue weighted by molar-refractivity contribution is 7.92. The molecule has 26 heavy (non-hydrogen) atoms. The number of nitrogens with zero attached hydrogens (tertiary/aromatic N) is 1. The molecule has 0 saturated heterocycles. The van der Waals surface area contributed by atoms with E-state index < -0.39 is 10.0 Å². The van der Waals surface area contributed by atoms with Crippen molar-refractivity contribution >= 4 is 21.4 Å². The zero-order valence-electron chi connectivity index (χ0n) is 15.4. The number of sulfonamides is 1. The van der Waals surface area contributed by atoms with Gasteiger partial charge >= 0.3 is 0 Å². The van der Waals surface area contributed by atoms with E-state index in [0.717, 1.165) is 24.5 Å². The van der Waals surface area contributed by atoms with Gasteiger partial charge in [0.15, 0.2) is 0 Å². The lowest BCUT2D eigenvalue weighted by atomic mass is 10.2. The van der Waals surface area contributed by atoms with Crippen molar-refractivity contribution < 1.29 is 17.9 Å². The number of nitrogens with one attached hydrogen (secondary N) is 1. The molecule has 2 aromatic rings. The van der Waals surface area contributed by atoms with E-state index >= 15 is 0 Å². The highest BCUT2D eigenvalue weighted by Crippen LogP contribution is 2.19. The van der Waals surface area contributed by atoms with Gasteiger partial charge in [0.25, 0.3) is 0 Å². The lowest BCUT2D eigenvalue weighted by molar-refractivity contribution is 0.340. The first-order chi connectivity index (χ1) is 12.5. The number of rotatable bonds is 10. The molecule has 0 unspecified atom stereocenters. The molecule has 7 heteroatoms. The van der Waals surface area contributed by atoms with Crippen molar-refractivity contribution in [2.24, 2.45) is 0 Å². The summed E-state index contributed by atoms with van der Waals surface area (Å²) in [6, 6.07) is 14.4. The van der Waals surface area contributed by atoms with E-state index in [1.54, 1.807) is 43.5 Å². The van der Waals surface area contributed by atoms with Crippen molar-refractivity contribution in [3.05, 3.63) is 48.5 Å². The van der Waals surface area contributed by atoms with E-state index in [2.05, 4.69) is 23.5 Å². The van der Waals surface area contributed by atoms with Crippen molar-refractivity contribution in [1.29, 1.82) is 0 Å². The molecular weight excluding hydrogens is 352 g/mol. The molecular formula is C19H26N2O4S. The van der Waals surface area contributed by atoms with Gasteiger partial charge in [-0.1, -0.05) is 0 Å². The Labute approximate surface area is 155 Å². The average Bonchev–Trinajstić information content (AvgIpc) is 2.64. The lowest BCUT2D eigenvalue weighted by Gasteiger charge is -2.21. The summed E-state index contributed by atoms with van der Waals surface area (Å²) in [6.45, 7) is 6.06. The van der Waals surface area contributed by atoms with E-state index in [0.29, 0.717) is 11.4 Å².